The number of carboxylic acids is 3. The van der Waals surface area contributed by atoms with Gasteiger partial charge in [0.15, 0.2) is 0 Å². The molecular weight excluding hydrogens is 1740 g/mol. The predicted molar refractivity (Wildman–Crippen MR) is 590 cm³/mol. The third-order valence-electron chi connectivity index (χ3n) is 29.4. The second-order valence-corrected chi connectivity index (χ2v) is 43.8. The van der Waals surface area contributed by atoms with Gasteiger partial charge in [-0.25, -0.2) is 4.79 Å². The van der Waals surface area contributed by atoms with Crippen molar-refractivity contribution in [1.29, 1.82) is 5.26 Å². The summed E-state index contributed by atoms with van der Waals surface area (Å²) in [7, 11) is 0. The lowest BCUT2D eigenvalue weighted by atomic mass is 9.84. The first kappa shape index (κ1) is 134. The molecule has 15 heteroatoms. The average Bonchev–Trinajstić information content (AvgIpc) is 0.811. The Hall–Kier alpha value is -6.04. The molecule has 0 bridgehead atoms. The van der Waals surface area contributed by atoms with Crippen molar-refractivity contribution < 1.29 is 67.8 Å². The van der Waals surface area contributed by atoms with E-state index in [-0.39, 0.29) is 36.6 Å². The first-order valence-electron chi connectivity index (χ1n) is 59.5. The van der Waals surface area contributed by atoms with Gasteiger partial charge in [0.25, 0.3) is 0 Å². The van der Waals surface area contributed by atoms with Crippen LogP contribution in [0.25, 0.3) is 5.57 Å². The first-order valence-corrected chi connectivity index (χ1v) is 59.5. The molecule has 0 fully saturated rings. The van der Waals surface area contributed by atoms with Crippen LogP contribution in [0.15, 0.2) is 66.2 Å². The molecule has 2 aromatic rings. The van der Waals surface area contributed by atoms with Gasteiger partial charge in [0.1, 0.15) is 18.2 Å². The van der Waals surface area contributed by atoms with E-state index in [1.807, 2.05) is 66.7 Å². The molecule has 140 heavy (non-hydrogen) atoms. The average molecular weight is 1960 g/mol. The Labute approximate surface area is 861 Å². The molecule has 15 nitrogen and oxygen atoms in total. The molecule has 0 amide bonds. The summed E-state index contributed by atoms with van der Waals surface area (Å²) < 4.78 is 22.5. The van der Waals surface area contributed by atoms with E-state index >= 15 is 0 Å². The Morgan fingerprint density at radius 2 is 0.486 bits per heavy atom. The van der Waals surface area contributed by atoms with Crippen LogP contribution in [0.2, 0.25) is 0 Å². The number of aliphatic carboxylic acids is 3. The SMILES string of the molecule is CCCCCCCCCCCCCCCCC(C)CC(C(=O)OCC(C)(C)COC(=O)C(C#N)=C(c1ccccc1)c1ccccc1)C(C)C(=O)O.CCCCCCCCCCCCCCCCOC(=O)C(C)C(CC(C)CCCCCCCCCCCCCCCC)C(=O)O.CCCCCCCCCCCCCCCCOC(=O)C(CC(C)CCCCCCCCCCCCCCCC)C(C)C(=O)O. The van der Waals surface area contributed by atoms with Crippen LogP contribution in [-0.4, -0.2) is 83.5 Å². The molecule has 0 heterocycles. The lowest BCUT2D eigenvalue weighted by molar-refractivity contribution is -0.161. The highest BCUT2D eigenvalue weighted by Crippen LogP contribution is 2.34. The Balaban J connectivity index is 0.00000208. The predicted octanol–water partition coefficient (Wildman–Crippen LogP) is 37.8. The number of carboxylic acid groups (broad SMARTS) is 3. The van der Waals surface area contributed by atoms with E-state index in [9.17, 15) is 54.1 Å². The van der Waals surface area contributed by atoms with Crippen LogP contribution in [0.5, 0.6) is 0 Å². The van der Waals surface area contributed by atoms with Crippen molar-refractivity contribution >= 4 is 47.4 Å². The minimum atomic E-state index is -1.03. The normalized spacial score (nSPS) is 13.3. The van der Waals surface area contributed by atoms with E-state index in [2.05, 4.69) is 55.4 Å². The Morgan fingerprint density at radius 1 is 0.271 bits per heavy atom. The maximum Gasteiger partial charge on any atom is 0.349 e. The number of hydrogen-bond acceptors (Lipinski definition) is 12. The molecule has 2 rings (SSSR count). The molecule has 0 radical (unpaired) electrons. The fraction of sp³-hybridized carbons (Fsp3) is 0.824. The van der Waals surface area contributed by atoms with Crippen LogP contribution in [0.3, 0.4) is 0 Å². The molecule has 2 aromatic carbocycles. The van der Waals surface area contributed by atoms with E-state index in [0.29, 0.717) is 61.0 Å². The van der Waals surface area contributed by atoms with Gasteiger partial charge >= 0.3 is 41.8 Å². The summed E-state index contributed by atoms with van der Waals surface area (Å²) in [5.41, 5.74) is 1.02. The molecule has 0 spiro atoms. The number of benzene rings is 2. The van der Waals surface area contributed by atoms with Gasteiger partial charge in [-0.2, -0.15) is 5.26 Å². The van der Waals surface area contributed by atoms with Gasteiger partial charge in [0, 0.05) is 11.0 Å². The molecule has 3 N–H and O–H groups in total. The number of ether oxygens (including phenoxy) is 4. The number of hydrogen-bond donors (Lipinski definition) is 3. The summed E-state index contributed by atoms with van der Waals surface area (Å²) in [5.74, 6) is -8.03. The van der Waals surface area contributed by atoms with Crippen molar-refractivity contribution in [1.82, 2.24) is 0 Å². The highest BCUT2D eigenvalue weighted by Gasteiger charge is 2.37. The largest absolute Gasteiger partial charge is 0.481 e. The lowest BCUT2D eigenvalue weighted by Gasteiger charge is -2.27. The van der Waals surface area contributed by atoms with E-state index in [1.54, 1.807) is 34.6 Å². The zero-order valence-electron chi connectivity index (χ0n) is 93.3. The molecular formula is C125H221NO14. The highest BCUT2D eigenvalue weighted by atomic mass is 16.6. The summed E-state index contributed by atoms with van der Waals surface area (Å²) >= 11 is 0. The van der Waals surface area contributed by atoms with Crippen LogP contribution in [0.1, 0.15) is 589 Å². The first-order chi connectivity index (χ1) is 67.9. The smallest absolute Gasteiger partial charge is 0.349 e. The van der Waals surface area contributed by atoms with Gasteiger partial charge in [-0.1, -0.05) is 607 Å². The van der Waals surface area contributed by atoms with Gasteiger partial charge in [-0.3, -0.25) is 28.8 Å². The number of carbonyl (C=O) groups excluding carboxylic acids is 4. The summed E-state index contributed by atoms with van der Waals surface area (Å²) in [6, 6.07) is 20.5. The number of nitrogens with zero attached hydrogens (tertiary/aromatic N) is 1. The fourth-order valence-electron chi connectivity index (χ4n) is 19.5. The summed E-state index contributed by atoms with van der Waals surface area (Å²) in [4.78, 5) is 87.8. The van der Waals surface area contributed by atoms with Crippen molar-refractivity contribution in [2.45, 2.75) is 578 Å². The monoisotopic (exact) mass is 1960 g/mol. The number of nitriles is 1. The van der Waals surface area contributed by atoms with Crippen molar-refractivity contribution in [3.63, 3.8) is 0 Å². The van der Waals surface area contributed by atoms with E-state index < -0.39 is 70.8 Å². The topological polar surface area (TPSA) is 241 Å². The standard InChI is InChI=1S/C45H65NO6.2C40H78O4/c1-6-7-8-9-10-11-12-13-14-15-16-17-18-21-26-35(2)31-39(36(3)42(47)48)43(49)51-33-45(4,5)34-52-44(50)40(32-46)41(37-27-22-19-23-28-37)38-29-24-20-25-30-38;1-5-7-9-11-13-15-17-19-21-23-25-27-29-31-33-36(3)35-38(39(41)42)37(4)40(43)44-34-32-30-28-26-24-22-20-18-16-14-12-10-8-6-2;1-5-7-9-11-13-15-17-19-21-23-25-27-29-31-33-36(3)35-38(37(4)39(41)42)40(43)44-34-32-30-28-26-24-22-20-18-16-14-12-10-8-6-2/h19-20,22-25,27-30,35-36,39H,6-18,21,26,31,33-34H2,1-5H3,(H,47,48);2*36-38H,5-35H2,1-4H3,(H,41,42). The minimum absolute atomic E-state index is 0.0644. The highest BCUT2D eigenvalue weighted by molar-refractivity contribution is 6.05. The molecule has 0 saturated carbocycles. The third-order valence-corrected chi connectivity index (χ3v) is 29.4. The van der Waals surface area contributed by atoms with Crippen LogP contribution < -0.4 is 0 Å². The Kier molecular flexibility index (Phi) is 92.3. The van der Waals surface area contributed by atoms with Crippen molar-refractivity contribution in [2.75, 3.05) is 26.4 Å². The molecule has 0 aliphatic heterocycles. The van der Waals surface area contributed by atoms with Crippen LogP contribution in [0, 0.1) is 70.0 Å². The van der Waals surface area contributed by atoms with Crippen molar-refractivity contribution in [3.05, 3.63) is 77.4 Å². The lowest BCUT2D eigenvalue weighted by Crippen LogP contribution is -2.34. The second-order valence-electron chi connectivity index (χ2n) is 43.8. The zero-order valence-corrected chi connectivity index (χ0v) is 93.3. The van der Waals surface area contributed by atoms with Crippen molar-refractivity contribution in [3.8, 4) is 6.07 Å². The van der Waals surface area contributed by atoms with Crippen molar-refractivity contribution in [2.24, 2.45) is 58.7 Å². The van der Waals surface area contributed by atoms with Crippen LogP contribution in [-0.2, 0) is 52.5 Å². The quantitative estimate of drug-likeness (QED) is 0.0183. The number of unbranched alkanes of at least 4 members (excludes halogenated alkanes) is 65. The minimum Gasteiger partial charge on any atom is -0.481 e. The second kappa shape index (κ2) is 96.4. The van der Waals surface area contributed by atoms with Gasteiger partial charge in [0.05, 0.1) is 55.3 Å². The Morgan fingerprint density at radius 3 is 0.721 bits per heavy atom. The fourth-order valence-corrected chi connectivity index (χ4v) is 19.5. The third kappa shape index (κ3) is 78.3. The van der Waals surface area contributed by atoms with Gasteiger partial charge < -0.3 is 34.3 Å². The maximum absolute atomic E-state index is 13.3. The molecule has 0 aromatic heterocycles. The number of carbonyl (C=O) groups is 7. The summed E-state index contributed by atoms with van der Waals surface area (Å²) in [6.07, 6.45) is 97.0. The molecule has 9 unspecified atom stereocenters. The van der Waals surface area contributed by atoms with Gasteiger partial charge in [-0.05, 0) is 61.0 Å². The zero-order chi connectivity index (χ0) is 103. The van der Waals surface area contributed by atoms with Gasteiger partial charge in [-0.15, -0.1) is 0 Å². The summed E-state index contributed by atoms with van der Waals surface area (Å²) in [6.45, 7) is 27.0. The molecule has 810 valence electrons. The summed E-state index contributed by atoms with van der Waals surface area (Å²) in [5, 5.41) is 39.3. The number of esters is 4. The van der Waals surface area contributed by atoms with Crippen LogP contribution >= 0.6 is 0 Å². The Bertz CT molecular complexity index is 3230. The molecule has 0 saturated heterocycles. The molecule has 0 aliphatic rings. The van der Waals surface area contributed by atoms with Gasteiger partial charge in [0.2, 0.25) is 0 Å². The van der Waals surface area contributed by atoms with E-state index in [1.165, 1.54) is 405 Å². The molecule has 9 atom stereocenters. The molecule has 0 aliphatic carbocycles. The van der Waals surface area contributed by atoms with E-state index in [0.717, 1.165) is 64.2 Å². The van der Waals surface area contributed by atoms with E-state index in [4.69, 9.17) is 18.9 Å². The maximum atomic E-state index is 13.3. The van der Waals surface area contributed by atoms with Crippen LogP contribution in [0.4, 0.5) is 0 Å². The number of rotatable bonds is 97.